The highest BCUT2D eigenvalue weighted by atomic mass is 16.7. The first-order valence-electron chi connectivity index (χ1n) is 28.2. The maximum absolute atomic E-state index is 13.1. The third kappa shape index (κ3) is 30.7. The van der Waals surface area contributed by atoms with Crippen LogP contribution in [0.25, 0.3) is 0 Å². The lowest BCUT2D eigenvalue weighted by molar-refractivity contribution is -0.332. The van der Waals surface area contributed by atoms with Crippen molar-refractivity contribution in [2.45, 2.75) is 274 Å². The number of rotatable bonds is 44. The van der Waals surface area contributed by atoms with Gasteiger partial charge in [0.15, 0.2) is 18.7 Å². The number of unbranched alkanes of at least 4 members (excludes halogenated alkanes) is 22. The first kappa shape index (κ1) is 65.6. The van der Waals surface area contributed by atoms with Gasteiger partial charge in [-0.1, -0.05) is 165 Å². The highest BCUT2D eigenvalue weighted by molar-refractivity contribution is 5.70. The summed E-state index contributed by atoms with van der Waals surface area (Å²) in [5, 5.41) is 72.2. The summed E-state index contributed by atoms with van der Waals surface area (Å²) in [6.45, 7) is 2.55. The van der Waals surface area contributed by atoms with E-state index in [1.54, 1.807) is 0 Å². The van der Waals surface area contributed by atoms with E-state index in [0.717, 1.165) is 77.0 Å². The summed E-state index contributed by atoms with van der Waals surface area (Å²) in [6, 6.07) is 0. The molecule has 418 valence electrons. The van der Waals surface area contributed by atoms with Crippen molar-refractivity contribution >= 4 is 11.9 Å². The normalized spacial score (nSPS) is 25.3. The molecule has 0 spiro atoms. The molecule has 2 fully saturated rings. The minimum absolute atomic E-state index is 0.158. The Morgan fingerprint density at radius 1 is 0.444 bits per heavy atom. The second-order valence-electron chi connectivity index (χ2n) is 19.8. The molecular weight excluding hydrogens is 925 g/mol. The van der Waals surface area contributed by atoms with Crippen molar-refractivity contribution in [2.24, 2.45) is 0 Å². The van der Waals surface area contributed by atoms with E-state index in [0.29, 0.717) is 12.8 Å². The Bertz CT molecular complexity index is 1440. The predicted octanol–water partition coefficient (Wildman–Crippen LogP) is 9.05. The average Bonchev–Trinajstić information content (AvgIpc) is 3.37. The smallest absolute Gasteiger partial charge is 0.306 e. The van der Waals surface area contributed by atoms with Crippen molar-refractivity contribution < 1.29 is 73.8 Å². The van der Waals surface area contributed by atoms with E-state index >= 15 is 0 Å². The van der Waals surface area contributed by atoms with Gasteiger partial charge < -0.3 is 64.2 Å². The summed E-state index contributed by atoms with van der Waals surface area (Å²) < 4.78 is 33.7. The van der Waals surface area contributed by atoms with Crippen LogP contribution in [0.3, 0.4) is 0 Å². The SMILES string of the molecule is CCCCC/C=C/C/C=C/CCCCCCCCCCCC(=O)O[C@H](COC(=O)CCCCCCCCC/C=C/C/C=C/CCCCC)CO[C@H]1O[C@@H](CO[C@H]2O[C@@H](CO)[C@@H](O)C(O)C2O)[C@@H](O)C(O)C1O. The number of aliphatic hydroxyl groups is 7. The van der Waals surface area contributed by atoms with Crippen LogP contribution in [0.1, 0.15) is 206 Å². The fourth-order valence-corrected chi connectivity index (χ4v) is 8.63. The molecule has 7 N–H and O–H groups in total. The molecule has 15 nitrogen and oxygen atoms in total. The minimum atomic E-state index is -1.77. The van der Waals surface area contributed by atoms with Gasteiger partial charge in [-0.2, -0.15) is 0 Å². The number of carbonyl (C=O) groups excluding carboxylic acids is 2. The summed E-state index contributed by atoms with van der Waals surface area (Å²) in [5.41, 5.74) is 0. The van der Waals surface area contributed by atoms with Crippen LogP contribution < -0.4 is 0 Å². The Hall–Kier alpha value is -2.54. The lowest BCUT2D eigenvalue weighted by Gasteiger charge is -2.42. The molecule has 0 saturated carbocycles. The summed E-state index contributed by atoms with van der Waals surface area (Å²) in [6.07, 6.45) is 32.6. The molecule has 0 aromatic carbocycles. The van der Waals surface area contributed by atoms with Crippen molar-refractivity contribution in [2.75, 3.05) is 26.4 Å². The van der Waals surface area contributed by atoms with Gasteiger partial charge in [-0.15, -0.1) is 0 Å². The fourth-order valence-electron chi connectivity index (χ4n) is 8.63. The Morgan fingerprint density at radius 2 is 0.833 bits per heavy atom. The zero-order valence-corrected chi connectivity index (χ0v) is 44.4. The van der Waals surface area contributed by atoms with Crippen LogP contribution >= 0.6 is 0 Å². The van der Waals surface area contributed by atoms with Crippen molar-refractivity contribution in [3.63, 3.8) is 0 Å². The molecule has 0 aliphatic carbocycles. The highest BCUT2D eigenvalue weighted by Crippen LogP contribution is 2.26. The number of hydrogen-bond acceptors (Lipinski definition) is 15. The van der Waals surface area contributed by atoms with Crippen LogP contribution in [-0.4, -0.2) is 142 Å². The highest BCUT2D eigenvalue weighted by Gasteiger charge is 2.47. The zero-order chi connectivity index (χ0) is 52.4. The molecule has 4 unspecified atom stereocenters. The van der Waals surface area contributed by atoms with Crippen LogP contribution in [0.4, 0.5) is 0 Å². The van der Waals surface area contributed by atoms with E-state index in [1.165, 1.54) is 89.9 Å². The van der Waals surface area contributed by atoms with Gasteiger partial charge in [0.05, 0.1) is 19.8 Å². The molecule has 2 aliphatic rings. The summed E-state index contributed by atoms with van der Waals surface area (Å²) >= 11 is 0. The van der Waals surface area contributed by atoms with Crippen LogP contribution in [0, 0.1) is 0 Å². The van der Waals surface area contributed by atoms with Crippen molar-refractivity contribution in [1.82, 2.24) is 0 Å². The topological polar surface area (TPSA) is 231 Å². The van der Waals surface area contributed by atoms with Crippen LogP contribution in [0.5, 0.6) is 0 Å². The molecule has 72 heavy (non-hydrogen) atoms. The van der Waals surface area contributed by atoms with E-state index < -0.39 is 92.7 Å². The summed E-state index contributed by atoms with van der Waals surface area (Å²) in [7, 11) is 0. The fraction of sp³-hybridized carbons (Fsp3) is 0.825. The molecule has 2 saturated heterocycles. The van der Waals surface area contributed by atoms with Crippen molar-refractivity contribution in [3.05, 3.63) is 48.6 Å². The molecule has 0 aromatic rings. The predicted molar refractivity (Wildman–Crippen MR) is 280 cm³/mol. The molecule has 0 bridgehead atoms. The molecule has 11 atom stereocenters. The first-order valence-corrected chi connectivity index (χ1v) is 28.2. The van der Waals surface area contributed by atoms with Gasteiger partial charge in [0.2, 0.25) is 0 Å². The zero-order valence-electron chi connectivity index (χ0n) is 44.4. The van der Waals surface area contributed by atoms with Gasteiger partial charge in [-0.3, -0.25) is 9.59 Å². The minimum Gasteiger partial charge on any atom is -0.462 e. The Labute approximate surface area is 433 Å². The standard InChI is InChI=1S/C57H100O15/c1-3-5-7-9-11-13-15-17-19-21-22-24-26-28-30-32-34-36-38-40-49(60)70-45(42-67-48(59)39-37-35-33-31-29-27-25-23-20-18-16-14-12-10-8-6-4-2)43-68-56-55(66)53(64)51(62)47(72-56)44-69-57-54(65)52(63)50(61)46(41-58)71-57/h11-14,17-20,45-47,50-58,61-66H,3-10,15-16,21-44H2,1-2H3/b13-11+,14-12+,19-17+,20-18+/t45-,46+,47+,50-,51-,52?,53?,54?,55?,56+,57+/m1/s1. The van der Waals surface area contributed by atoms with Gasteiger partial charge >= 0.3 is 11.9 Å². The Kier molecular flexibility index (Phi) is 39.8. The summed E-state index contributed by atoms with van der Waals surface area (Å²) in [4.78, 5) is 25.9. The molecule has 15 heteroatoms. The number of ether oxygens (including phenoxy) is 6. The van der Waals surface area contributed by atoms with E-state index in [4.69, 9.17) is 28.4 Å². The number of hydrogen-bond donors (Lipinski definition) is 7. The second kappa shape index (κ2) is 43.7. The first-order chi connectivity index (χ1) is 35.0. The Morgan fingerprint density at radius 3 is 1.29 bits per heavy atom. The molecule has 2 rings (SSSR count). The lowest BCUT2D eigenvalue weighted by Crippen LogP contribution is -2.61. The van der Waals surface area contributed by atoms with Crippen molar-refractivity contribution in [1.29, 1.82) is 0 Å². The second-order valence-corrected chi connectivity index (χ2v) is 19.8. The van der Waals surface area contributed by atoms with Crippen LogP contribution in [0.15, 0.2) is 48.6 Å². The van der Waals surface area contributed by atoms with Gasteiger partial charge in [0.1, 0.15) is 55.4 Å². The summed E-state index contributed by atoms with van der Waals surface area (Å²) in [5.74, 6) is -0.936. The molecule has 0 amide bonds. The van der Waals surface area contributed by atoms with Crippen LogP contribution in [-0.2, 0) is 38.0 Å². The van der Waals surface area contributed by atoms with E-state index in [9.17, 15) is 45.3 Å². The number of aliphatic hydroxyl groups excluding tert-OH is 7. The Balaban J connectivity index is 1.77. The molecule has 2 heterocycles. The van der Waals surface area contributed by atoms with E-state index in [2.05, 4.69) is 62.5 Å². The third-order valence-electron chi connectivity index (χ3n) is 13.3. The number of carbonyl (C=O) groups is 2. The van der Waals surface area contributed by atoms with Gasteiger partial charge in [-0.05, 0) is 77.0 Å². The number of allylic oxidation sites excluding steroid dienone is 8. The van der Waals surface area contributed by atoms with Gasteiger partial charge in [0.25, 0.3) is 0 Å². The molecule has 0 aromatic heterocycles. The maximum atomic E-state index is 13.1. The molecule has 2 aliphatic heterocycles. The average molecular weight is 1030 g/mol. The number of esters is 2. The molecular formula is C57H100O15. The van der Waals surface area contributed by atoms with Gasteiger partial charge in [0, 0.05) is 12.8 Å². The van der Waals surface area contributed by atoms with Gasteiger partial charge in [-0.25, -0.2) is 0 Å². The van der Waals surface area contributed by atoms with E-state index in [1.807, 2.05) is 0 Å². The largest absolute Gasteiger partial charge is 0.462 e. The van der Waals surface area contributed by atoms with Crippen molar-refractivity contribution in [3.8, 4) is 0 Å². The van der Waals surface area contributed by atoms with E-state index in [-0.39, 0.29) is 26.1 Å². The molecule has 0 radical (unpaired) electrons. The lowest BCUT2D eigenvalue weighted by atomic mass is 9.98. The monoisotopic (exact) mass is 1020 g/mol. The third-order valence-corrected chi connectivity index (χ3v) is 13.3. The quantitative estimate of drug-likeness (QED) is 0.0171. The van der Waals surface area contributed by atoms with Crippen LogP contribution in [0.2, 0.25) is 0 Å². The maximum Gasteiger partial charge on any atom is 0.306 e.